The highest BCUT2D eigenvalue weighted by atomic mass is 79.9. The van der Waals surface area contributed by atoms with Gasteiger partial charge >= 0.3 is 0 Å². The molecule has 1 aliphatic carbocycles. The van der Waals surface area contributed by atoms with E-state index in [0.29, 0.717) is 16.7 Å². The Labute approximate surface area is 116 Å². The molecule has 0 atom stereocenters. The highest BCUT2D eigenvalue weighted by molar-refractivity contribution is 9.10. The van der Waals surface area contributed by atoms with E-state index in [9.17, 15) is 8.42 Å². The molecular formula is C12H17BrN2O2S. The number of hydrogen-bond acceptors (Lipinski definition) is 3. The number of nitrogens with two attached hydrogens (primary N) is 1. The third-order valence-corrected chi connectivity index (χ3v) is 5.98. The number of hydrogen-bond donors (Lipinski definition) is 2. The van der Waals surface area contributed by atoms with Crippen molar-refractivity contribution in [2.45, 2.75) is 31.1 Å². The highest BCUT2D eigenvalue weighted by Gasteiger charge is 2.41. The van der Waals surface area contributed by atoms with Gasteiger partial charge in [-0.3, -0.25) is 0 Å². The molecule has 6 heteroatoms. The third-order valence-electron chi connectivity index (χ3n) is 3.59. The van der Waals surface area contributed by atoms with Crippen molar-refractivity contribution >= 4 is 31.6 Å². The maximum absolute atomic E-state index is 12.2. The number of nitrogens with one attached hydrogen (secondary N) is 1. The molecule has 1 aliphatic rings. The van der Waals surface area contributed by atoms with Gasteiger partial charge in [0.1, 0.15) is 0 Å². The Balaban J connectivity index is 2.18. The smallest absolute Gasteiger partial charge is 0.241 e. The minimum Gasteiger partial charge on any atom is -0.399 e. The molecular weight excluding hydrogens is 316 g/mol. The molecule has 0 saturated heterocycles. The molecule has 1 fully saturated rings. The Bertz CT molecular complexity index is 553. The summed E-state index contributed by atoms with van der Waals surface area (Å²) < 4.78 is 27.6. The quantitative estimate of drug-likeness (QED) is 0.813. The maximum atomic E-state index is 12.2. The summed E-state index contributed by atoms with van der Waals surface area (Å²) in [5, 5.41) is 0. The largest absolute Gasteiger partial charge is 0.399 e. The van der Waals surface area contributed by atoms with Crippen LogP contribution in [-0.2, 0) is 10.0 Å². The molecule has 1 saturated carbocycles. The number of rotatable bonds is 5. The predicted octanol–water partition coefficient (Wildman–Crippen LogP) is 2.50. The standard InChI is InChI=1S/C12H17BrN2O2S/c1-2-12(5-6-12)8-15-18(16,17)11-7-9(14)3-4-10(11)13/h3-4,7,15H,2,5-6,8,14H2,1H3. The van der Waals surface area contributed by atoms with Gasteiger partial charge in [0.05, 0.1) is 4.90 Å². The molecule has 2 rings (SSSR count). The molecule has 0 heterocycles. The summed E-state index contributed by atoms with van der Waals surface area (Å²) in [5.74, 6) is 0. The molecule has 1 aromatic rings. The van der Waals surface area contributed by atoms with Crippen LogP contribution in [-0.4, -0.2) is 15.0 Å². The number of anilines is 1. The zero-order chi connectivity index (χ0) is 13.4. The van der Waals surface area contributed by atoms with E-state index in [1.165, 1.54) is 6.07 Å². The summed E-state index contributed by atoms with van der Waals surface area (Å²) >= 11 is 3.24. The van der Waals surface area contributed by atoms with Gasteiger partial charge < -0.3 is 5.73 Å². The minimum absolute atomic E-state index is 0.180. The molecule has 1 aromatic carbocycles. The van der Waals surface area contributed by atoms with Crippen LogP contribution in [0.4, 0.5) is 5.69 Å². The summed E-state index contributed by atoms with van der Waals surface area (Å²) in [5.41, 5.74) is 6.25. The number of halogens is 1. The molecule has 18 heavy (non-hydrogen) atoms. The Kier molecular flexibility index (Phi) is 3.71. The first kappa shape index (κ1) is 13.8. The van der Waals surface area contributed by atoms with Gasteiger partial charge in [0, 0.05) is 16.7 Å². The monoisotopic (exact) mass is 332 g/mol. The van der Waals surface area contributed by atoms with Gasteiger partial charge in [-0.2, -0.15) is 0 Å². The molecule has 0 aliphatic heterocycles. The fourth-order valence-electron chi connectivity index (χ4n) is 1.88. The summed E-state index contributed by atoms with van der Waals surface area (Å²) in [6, 6.07) is 4.78. The summed E-state index contributed by atoms with van der Waals surface area (Å²) in [4.78, 5) is 0.203. The molecule has 0 spiro atoms. The molecule has 3 N–H and O–H groups in total. The maximum Gasteiger partial charge on any atom is 0.241 e. The van der Waals surface area contributed by atoms with E-state index in [2.05, 4.69) is 27.6 Å². The topological polar surface area (TPSA) is 72.2 Å². The molecule has 0 radical (unpaired) electrons. The first-order chi connectivity index (χ1) is 8.38. The van der Waals surface area contributed by atoms with E-state index in [1.54, 1.807) is 12.1 Å². The van der Waals surface area contributed by atoms with Crippen LogP contribution in [0.3, 0.4) is 0 Å². The van der Waals surface area contributed by atoms with Gasteiger partial charge in [-0.1, -0.05) is 6.92 Å². The van der Waals surface area contributed by atoms with E-state index in [4.69, 9.17) is 5.73 Å². The lowest BCUT2D eigenvalue weighted by Crippen LogP contribution is -2.30. The van der Waals surface area contributed by atoms with Crippen molar-refractivity contribution in [2.24, 2.45) is 5.41 Å². The second-order valence-corrected chi connectivity index (χ2v) is 7.46. The lowest BCUT2D eigenvalue weighted by Gasteiger charge is -2.14. The van der Waals surface area contributed by atoms with E-state index in [1.807, 2.05) is 0 Å². The summed E-state index contributed by atoms with van der Waals surface area (Å²) in [6.07, 6.45) is 3.21. The van der Waals surface area contributed by atoms with Crippen LogP contribution in [0.5, 0.6) is 0 Å². The molecule has 4 nitrogen and oxygen atoms in total. The third kappa shape index (κ3) is 2.87. The van der Waals surface area contributed by atoms with Gasteiger partial charge in [0.2, 0.25) is 10.0 Å². The van der Waals surface area contributed by atoms with Crippen LogP contribution >= 0.6 is 15.9 Å². The number of sulfonamides is 1. The SMILES string of the molecule is CCC1(CNS(=O)(=O)c2cc(N)ccc2Br)CC1. The van der Waals surface area contributed by atoms with Crippen LogP contribution in [0.15, 0.2) is 27.6 Å². The average molecular weight is 333 g/mol. The van der Waals surface area contributed by atoms with Crippen LogP contribution in [0, 0.1) is 5.41 Å². The first-order valence-corrected chi connectivity index (χ1v) is 8.21. The molecule has 0 aromatic heterocycles. The van der Waals surface area contributed by atoms with E-state index in [-0.39, 0.29) is 10.3 Å². The molecule has 100 valence electrons. The zero-order valence-electron chi connectivity index (χ0n) is 10.2. The number of benzene rings is 1. The lowest BCUT2D eigenvalue weighted by molar-refractivity contribution is 0.475. The normalized spacial score (nSPS) is 17.7. The average Bonchev–Trinajstić information content (AvgIpc) is 3.11. The zero-order valence-corrected chi connectivity index (χ0v) is 12.6. The molecule has 0 unspecified atom stereocenters. The Morgan fingerprint density at radius 3 is 2.67 bits per heavy atom. The van der Waals surface area contributed by atoms with Crippen molar-refractivity contribution in [3.8, 4) is 0 Å². The Hall–Kier alpha value is -0.590. The lowest BCUT2D eigenvalue weighted by atomic mass is 10.1. The second-order valence-electron chi connectivity index (χ2n) is 4.87. The van der Waals surface area contributed by atoms with E-state index < -0.39 is 10.0 Å². The van der Waals surface area contributed by atoms with E-state index >= 15 is 0 Å². The van der Waals surface area contributed by atoms with Gasteiger partial charge in [0.15, 0.2) is 0 Å². The van der Waals surface area contributed by atoms with Gasteiger partial charge in [0.25, 0.3) is 0 Å². The number of nitrogen functional groups attached to an aromatic ring is 1. The highest BCUT2D eigenvalue weighted by Crippen LogP contribution is 2.48. The van der Waals surface area contributed by atoms with Crippen molar-refractivity contribution in [1.29, 1.82) is 0 Å². The fraction of sp³-hybridized carbons (Fsp3) is 0.500. The Morgan fingerprint density at radius 2 is 2.11 bits per heavy atom. The molecule has 0 bridgehead atoms. The Morgan fingerprint density at radius 1 is 1.44 bits per heavy atom. The van der Waals surface area contributed by atoms with Gasteiger partial charge in [-0.25, -0.2) is 13.1 Å². The van der Waals surface area contributed by atoms with E-state index in [0.717, 1.165) is 19.3 Å². The first-order valence-electron chi connectivity index (χ1n) is 5.93. The van der Waals surface area contributed by atoms with Crippen LogP contribution < -0.4 is 10.5 Å². The van der Waals surface area contributed by atoms with Crippen LogP contribution in [0.25, 0.3) is 0 Å². The van der Waals surface area contributed by atoms with Gasteiger partial charge in [-0.05, 0) is 58.8 Å². The van der Waals surface area contributed by atoms with Crippen molar-refractivity contribution < 1.29 is 8.42 Å². The van der Waals surface area contributed by atoms with Crippen molar-refractivity contribution in [3.63, 3.8) is 0 Å². The van der Waals surface area contributed by atoms with Gasteiger partial charge in [-0.15, -0.1) is 0 Å². The second kappa shape index (κ2) is 4.83. The van der Waals surface area contributed by atoms with Crippen molar-refractivity contribution in [2.75, 3.05) is 12.3 Å². The predicted molar refractivity (Wildman–Crippen MR) is 75.7 cm³/mol. The summed E-state index contributed by atoms with van der Waals surface area (Å²) in [7, 11) is -3.49. The molecule has 0 amide bonds. The fourth-order valence-corrected chi connectivity index (χ4v) is 4.04. The minimum atomic E-state index is -3.49. The van der Waals surface area contributed by atoms with Crippen LogP contribution in [0.1, 0.15) is 26.2 Å². The summed E-state index contributed by atoms with van der Waals surface area (Å²) in [6.45, 7) is 2.60. The van der Waals surface area contributed by atoms with Crippen LogP contribution in [0.2, 0.25) is 0 Å². The van der Waals surface area contributed by atoms with Crippen molar-refractivity contribution in [3.05, 3.63) is 22.7 Å². The van der Waals surface area contributed by atoms with Crippen molar-refractivity contribution in [1.82, 2.24) is 4.72 Å².